The lowest BCUT2D eigenvalue weighted by Crippen LogP contribution is -2.36. The zero-order valence-electron chi connectivity index (χ0n) is 21.3. The summed E-state index contributed by atoms with van der Waals surface area (Å²) in [5.74, 6) is 0.564. The highest BCUT2D eigenvalue weighted by Gasteiger charge is 2.40. The van der Waals surface area contributed by atoms with E-state index in [4.69, 9.17) is 14.8 Å². The van der Waals surface area contributed by atoms with Gasteiger partial charge in [-0.05, 0) is 18.1 Å². The third-order valence-electron chi connectivity index (χ3n) is 6.69. The minimum Gasteiger partial charge on any atom is -0.347 e. The summed E-state index contributed by atoms with van der Waals surface area (Å²) in [7, 11) is 0. The van der Waals surface area contributed by atoms with Crippen LogP contribution in [0.1, 0.15) is 41.9 Å². The molecule has 0 spiro atoms. The molecule has 0 fully saturated rings. The average Bonchev–Trinajstić information content (AvgIpc) is 3.66. The maximum absolute atomic E-state index is 13.4. The summed E-state index contributed by atoms with van der Waals surface area (Å²) >= 11 is 1.63. The molecule has 2 aliphatic rings. The quantitative estimate of drug-likeness (QED) is 0.302. The van der Waals surface area contributed by atoms with Crippen molar-refractivity contribution in [3.8, 4) is 0 Å². The van der Waals surface area contributed by atoms with Crippen molar-refractivity contribution in [2.75, 3.05) is 22.9 Å². The molecule has 0 bridgehead atoms. The molecular formula is C26H27F3N8OS. The van der Waals surface area contributed by atoms with Crippen molar-refractivity contribution < 1.29 is 18.0 Å². The Morgan fingerprint density at radius 2 is 1.92 bits per heavy atom. The van der Waals surface area contributed by atoms with Crippen LogP contribution in [0, 0.1) is 0 Å². The van der Waals surface area contributed by atoms with Gasteiger partial charge in [0, 0.05) is 37.1 Å². The third kappa shape index (κ3) is 5.28. The molecule has 0 amide bonds. The number of anilines is 2. The molecule has 3 aromatic heterocycles. The van der Waals surface area contributed by atoms with Gasteiger partial charge in [0.15, 0.2) is 5.82 Å². The van der Waals surface area contributed by atoms with E-state index in [1.54, 1.807) is 11.3 Å². The number of rotatable bonds is 8. The number of thiophene rings is 1. The Hall–Kier alpha value is -3.71. The summed E-state index contributed by atoms with van der Waals surface area (Å²) in [4.78, 5) is 21.5. The monoisotopic (exact) mass is 556 g/mol. The number of nitrogens with one attached hydrogen (secondary N) is 1. The van der Waals surface area contributed by atoms with E-state index in [9.17, 15) is 13.2 Å². The number of nitrogens with zero attached hydrogens (tertiary/aromatic N) is 7. The van der Waals surface area contributed by atoms with Crippen molar-refractivity contribution >= 4 is 33.3 Å². The van der Waals surface area contributed by atoms with E-state index in [0.717, 1.165) is 45.3 Å². The smallest absolute Gasteiger partial charge is 0.347 e. The Morgan fingerprint density at radius 3 is 2.72 bits per heavy atom. The molecule has 6 rings (SSSR count). The van der Waals surface area contributed by atoms with Crippen LogP contribution >= 0.6 is 11.3 Å². The van der Waals surface area contributed by atoms with Crippen LogP contribution in [-0.2, 0) is 37.1 Å². The van der Waals surface area contributed by atoms with E-state index in [1.165, 1.54) is 4.88 Å². The minimum atomic E-state index is -4.54. The average molecular weight is 557 g/mol. The lowest BCUT2D eigenvalue weighted by Gasteiger charge is -2.30. The van der Waals surface area contributed by atoms with Crippen LogP contribution in [-0.4, -0.2) is 37.8 Å². The second-order valence-corrected chi connectivity index (χ2v) is 10.6. The maximum atomic E-state index is 13.4. The number of hydrogen-bond acceptors (Lipinski definition) is 9. The van der Waals surface area contributed by atoms with Crippen molar-refractivity contribution in [1.82, 2.24) is 30.2 Å². The van der Waals surface area contributed by atoms with Crippen molar-refractivity contribution in [2.45, 2.75) is 52.1 Å². The number of benzene rings is 1. The first-order valence-electron chi connectivity index (χ1n) is 12.8. The highest BCUT2D eigenvalue weighted by Crippen LogP contribution is 2.36. The van der Waals surface area contributed by atoms with Crippen LogP contribution in [0.2, 0.25) is 0 Å². The van der Waals surface area contributed by atoms with Gasteiger partial charge in [-0.15, -0.1) is 21.5 Å². The summed E-state index contributed by atoms with van der Waals surface area (Å²) in [6, 6.07) is 12.0. The summed E-state index contributed by atoms with van der Waals surface area (Å²) in [5.41, 5.74) is 5.02. The topological polar surface area (TPSA) is 84.2 Å². The molecule has 0 atom stereocenters. The van der Waals surface area contributed by atoms with E-state index in [1.807, 2.05) is 46.3 Å². The van der Waals surface area contributed by atoms with Gasteiger partial charge in [0.2, 0.25) is 11.8 Å². The minimum absolute atomic E-state index is 0.125. The molecule has 0 saturated carbocycles. The fourth-order valence-corrected chi connectivity index (χ4v) is 5.93. The fraction of sp³-hybridized carbons (Fsp3) is 0.385. The maximum Gasteiger partial charge on any atom is 0.451 e. The standard InChI is InChI=1S/C26H27F3N8OS/c1-2-6-19-13-20-22(35-11-12-37-21(15-35)32-33-24(37)26(27,28)29)30-25(31-23(20)39-19)36-10-9-18(14-36)34-38-16-17-7-4-3-5-8-17/h3-5,7-8,13-14,34H,2,6,9-12,15-16H2,1H3. The van der Waals surface area contributed by atoms with Gasteiger partial charge < -0.3 is 14.4 Å². The van der Waals surface area contributed by atoms with Gasteiger partial charge in [0.05, 0.1) is 24.2 Å². The van der Waals surface area contributed by atoms with Gasteiger partial charge in [-0.1, -0.05) is 43.7 Å². The van der Waals surface area contributed by atoms with Gasteiger partial charge in [0.25, 0.3) is 0 Å². The molecule has 5 heterocycles. The van der Waals surface area contributed by atoms with E-state index >= 15 is 0 Å². The lowest BCUT2D eigenvalue weighted by molar-refractivity contribution is -0.147. The normalized spacial score (nSPS) is 15.6. The van der Waals surface area contributed by atoms with Crippen LogP contribution < -0.4 is 15.3 Å². The van der Waals surface area contributed by atoms with Gasteiger partial charge in [-0.2, -0.15) is 18.2 Å². The molecule has 2 aliphatic heterocycles. The molecular weight excluding hydrogens is 529 g/mol. The molecule has 0 aliphatic carbocycles. The van der Waals surface area contributed by atoms with Crippen LogP contribution in [0.3, 0.4) is 0 Å². The van der Waals surface area contributed by atoms with Crippen LogP contribution in [0.5, 0.6) is 0 Å². The zero-order valence-corrected chi connectivity index (χ0v) is 22.1. The molecule has 0 unspecified atom stereocenters. The SMILES string of the molecule is CCCc1cc2c(N3CCn4c(nnc4C(F)(F)F)C3)nc(N3C=C(NOCc4ccccc4)CC3)nc2s1. The predicted molar refractivity (Wildman–Crippen MR) is 142 cm³/mol. The van der Waals surface area contributed by atoms with Crippen molar-refractivity contribution in [3.63, 3.8) is 0 Å². The number of hydroxylamine groups is 1. The zero-order chi connectivity index (χ0) is 27.0. The number of alkyl halides is 3. The predicted octanol–water partition coefficient (Wildman–Crippen LogP) is 5.05. The number of halogens is 3. The molecule has 13 heteroatoms. The van der Waals surface area contributed by atoms with Crippen LogP contribution in [0.25, 0.3) is 10.2 Å². The first-order valence-corrected chi connectivity index (χ1v) is 13.6. The first-order chi connectivity index (χ1) is 18.9. The van der Waals surface area contributed by atoms with Crippen LogP contribution in [0.4, 0.5) is 24.9 Å². The summed E-state index contributed by atoms with van der Waals surface area (Å²) in [6.45, 7) is 3.91. The van der Waals surface area contributed by atoms with E-state index < -0.39 is 12.0 Å². The fourth-order valence-electron chi connectivity index (χ4n) is 4.81. The van der Waals surface area contributed by atoms with Gasteiger partial charge >= 0.3 is 6.18 Å². The number of aromatic nitrogens is 5. The van der Waals surface area contributed by atoms with Crippen molar-refractivity contribution in [3.05, 3.63) is 70.4 Å². The highest BCUT2D eigenvalue weighted by molar-refractivity contribution is 7.18. The van der Waals surface area contributed by atoms with E-state index in [-0.39, 0.29) is 18.9 Å². The summed E-state index contributed by atoms with van der Waals surface area (Å²) in [6.07, 6.45) is 0.0741. The van der Waals surface area contributed by atoms with E-state index in [2.05, 4.69) is 28.7 Å². The van der Waals surface area contributed by atoms with E-state index in [0.29, 0.717) is 31.5 Å². The number of aryl methyl sites for hydroxylation is 1. The number of fused-ring (bicyclic) bond motifs is 2. The van der Waals surface area contributed by atoms with Crippen molar-refractivity contribution in [2.24, 2.45) is 0 Å². The molecule has 4 aromatic rings. The molecule has 1 aromatic carbocycles. The largest absolute Gasteiger partial charge is 0.451 e. The third-order valence-corrected chi connectivity index (χ3v) is 7.78. The molecule has 204 valence electrons. The Morgan fingerprint density at radius 1 is 1.08 bits per heavy atom. The molecule has 0 saturated heterocycles. The summed E-state index contributed by atoms with van der Waals surface area (Å²) in [5, 5.41) is 8.17. The molecule has 1 N–H and O–H groups in total. The molecule has 39 heavy (non-hydrogen) atoms. The van der Waals surface area contributed by atoms with Gasteiger partial charge in [-0.25, -0.2) is 4.98 Å². The Kier molecular flexibility index (Phi) is 6.85. The Labute approximate surface area is 226 Å². The Bertz CT molecular complexity index is 1500. The summed E-state index contributed by atoms with van der Waals surface area (Å²) < 4.78 is 41.2. The second kappa shape index (κ2) is 10.5. The van der Waals surface area contributed by atoms with Crippen LogP contribution in [0.15, 0.2) is 48.3 Å². The molecule has 0 radical (unpaired) electrons. The van der Waals surface area contributed by atoms with Gasteiger partial charge in [-0.3, -0.25) is 10.3 Å². The lowest BCUT2D eigenvalue weighted by atomic mass is 10.2. The molecule has 9 nitrogen and oxygen atoms in total. The van der Waals surface area contributed by atoms with Crippen molar-refractivity contribution in [1.29, 1.82) is 0 Å². The number of hydrogen-bond donors (Lipinski definition) is 1. The Balaban J connectivity index is 1.26. The second-order valence-electron chi connectivity index (χ2n) is 9.51. The first kappa shape index (κ1) is 25.6. The highest BCUT2D eigenvalue weighted by atomic mass is 32.1. The van der Waals surface area contributed by atoms with Gasteiger partial charge in [0.1, 0.15) is 10.6 Å².